The predicted molar refractivity (Wildman–Crippen MR) is 63.3 cm³/mol. The molecule has 2 heterocycles. The van der Waals surface area contributed by atoms with Gasteiger partial charge in [0.2, 0.25) is 5.28 Å². The number of aromatic nitrogens is 3. The summed E-state index contributed by atoms with van der Waals surface area (Å²) in [5.74, 6) is -0.600. The van der Waals surface area contributed by atoms with Crippen molar-refractivity contribution >= 4 is 40.2 Å². The first kappa shape index (κ1) is 12.0. The summed E-state index contributed by atoms with van der Waals surface area (Å²) in [6.07, 6.45) is 0. The molecular formula is C10H7Cl2N3O2. The molecule has 0 bridgehead atoms. The molecule has 0 aromatic carbocycles. The van der Waals surface area contributed by atoms with Crippen LogP contribution in [-0.2, 0) is 4.74 Å². The molecule has 0 radical (unpaired) electrons. The van der Waals surface area contributed by atoms with Crippen LogP contribution in [0.3, 0.4) is 0 Å². The van der Waals surface area contributed by atoms with E-state index in [2.05, 4.69) is 15.0 Å². The number of carbonyl (C=O) groups excluding carboxylic acids is 1. The Morgan fingerprint density at radius 2 is 2.06 bits per heavy atom. The molecule has 0 aliphatic heterocycles. The summed E-state index contributed by atoms with van der Waals surface area (Å²) in [5, 5.41) is 0.207. The van der Waals surface area contributed by atoms with Gasteiger partial charge in [-0.25, -0.2) is 19.7 Å². The third-order valence-electron chi connectivity index (χ3n) is 1.95. The lowest BCUT2D eigenvalue weighted by molar-refractivity contribution is 0.0521. The molecule has 0 fully saturated rings. The van der Waals surface area contributed by atoms with E-state index in [1.807, 2.05) is 0 Å². The number of rotatable bonds is 2. The fourth-order valence-electron chi connectivity index (χ4n) is 1.30. The molecule has 0 N–H and O–H groups in total. The standard InChI is InChI=1S/C10H7Cl2N3O2/c1-2-17-9(16)8-7-5(13-10(12)15-8)3-4-6(11)14-7/h3-4H,2H2,1H3. The van der Waals surface area contributed by atoms with Crippen molar-refractivity contribution in [3.8, 4) is 0 Å². The first-order chi connectivity index (χ1) is 8.11. The lowest BCUT2D eigenvalue weighted by Gasteiger charge is -2.04. The van der Waals surface area contributed by atoms with Crippen molar-refractivity contribution < 1.29 is 9.53 Å². The molecular weight excluding hydrogens is 265 g/mol. The summed E-state index contributed by atoms with van der Waals surface area (Å²) in [6.45, 7) is 1.94. The van der Waals surface area contributed by atoms with E-state index >= 15 is 0 Å². The second-order valence-electron chi connectivity index (χ2n) is 3.06. The van der Waals surface area contributed by atoms with Crippen molar-refractivity contribution in [2.45, 2.75) is 6.92 Å². The molecule has 0 amide bonds. The van der Waals surface area contributed by atoms with Crippen LogP contribution in [0.25, 0.3) is 11.0 Å². The Balaban J connectivity index is 2.67. The van der Waals surface area contributed by atoms with Gasteiger partial charge in [-0.3, -0.25) is 0 Å². The SMILES string of the molecule is CCOC(=O)c1nc(Cl)nc2ccc(Cl)nc12. The van der Waals surface area contributed by atoms with E-state index in [1.165, 1.54) is 0 Å². The maximum Gasteiger partial charge on any atom is 0.359 e. The topological polar surface area (TPSA) is 65.0 Å². The summed E-state index contributed by atoms with van der Waals surface area (Å²) in [5.41, 5.74) is 0.738. The Hall–Kier alpha value is -1.46. The van der Waals surface area contributed by atoms with Crippen LogP contribution in [0.4, 0.5) is 0 Å². The van der Waals surface area contributed by atoms with Crippen LogP contribution in [0.15, 0.2) is 12.1 Å². The second-order valence-corrected chi connectivity index (χ2v) is 3.79. The highest BCUT2D eigenvalue weighted by atomic mass is 35.5. The molecule has 0 spiro atoms. The van der Waals surface area contributed by atoms with Crippen molar-refractivity contribution in [2.75, 3.05) is 6.61 Å². The van der Waals surface area contributed by atoms with Crippen LogP contribution in [0, 0.1) is 0 Å². The molecule has 0 saturated heterocycles. The van der Waals surface area contributed by atoms with Gasteiger partial charge >= 0.3 is 5.97 Å². The first-order valence-corrected chi connectivity index (χ1v) is 5.54. The van der Waals surface area contributed by atoms with Crippen LogP contribution in [0.2, 0.25) is 10.4 Å². The summed E-state index contributed by atoms with van der Waals surface area (Å²) in [4.78, 5) is 23.4. The van der Waals surface area contributed by atoms with Crippen molar-refractivity contribution in [1.29, 1.82) is 0 Å². The average Bonchev–Trinajstić information content (AvgIpc) is 2.29. The van der Waals surface area contributed by atoms with Gasteiger partial charge in [0.25, 0.3) is 0 Å². The quantitative estimate of drug-likeness (QED) is 0.477. The molecule has 0 atom stereocenters. The van der Waals surface area contributed by atoms with Gasteiger partial charge in [0, 0.05) is 0 Å². The van der Waals surface area contributed by atoms with Crippen molar-refractivity contribution in [3.05, 3.63) is 28.3 Å². The summed E-state index contributed by atoms with van der Waals surface area (Å²) in [7, 11) is 0. The Bertz CT molecular complexity index is 589. The van der Waals surface area contributed by atoms with E-state index in [-0.39, 0.29) is 28.3 Å². The number of pyridine rings is 1. The minimum Gasteiger partial charge on any atom is -0.461 e. The number of esters is 1. The van der Waals surface area contributed by atoms with Crippen LogP contribution in [0.5, 0.6) is 0 Å². The zero-order valence-electron chi connectivity index (χ0n) is 8.78. The van der Waals surface area contributed by atoms with Gasteiger partial charge in [-0.1, -0.05) is 11.6 Å². The Morgan fingerprint density at radius 3 is 2.76 bits per heavy atom. The van der Waals surface area contributed by atoms with Crippen LogP contribution in [0.1, 0.15) is 17.4 Å². The second kappa shape index (κ2) is 4.81. The first-order valence-electron chi connectivity index (χ1n) is 4.78. The third-order valence-corrected chi connectivity index (χ3v) is 2.33. The molecule has 17 heavy (non-hydrogen) atoms. The van der Waals surface area contributed by atoms with Gasteiger partial charge in [-0.05, 0) is 30.7 Å². The minimum atomic E-state index is -0.600. The molecule has 2 aromatic rings. The van der Waals surface area contributed by atoms with Crippen LogP contribution < -0.4 is 0 Å². The lowest BCUT2D eigenvalue weighted by atomic mass is 10.3. The van der Waals surface area contributed by atoms with E-state index < -0.39 is 5.97 Å². The number of hydrogen-bond donors (Lipinski definition) is 0. The van der Waals surface area contributed by atoms with E-state index in [9.17, 15) is 4.79 Å². The highest BCUT2D eigenvalue weighted by molar-refractivity contribution is 6.30. The number of nitrogens with zero attached hydrogens (tertiary/aromatic N) is 3. The van der Waals surface area contributed by atoms with E-state index in [0.29, 0.717) is 5.52 Å². The van der Waals surface area contributed by atoms with Crippen molar-refractivity contribution in [2.24, 2.45) is 0 Å². The predicted octanol–water partition coefficient (Wildman–Crippen LogP) is 2.51. The molecule has 2 rings (SSSR count). The van der Waals surface area contributed by atoms with Gasteiger partial charge < -0.3 is 4.74 Å². The van der Waals surface area contributed by atoms with Gasteiger partial charge in [0.15, 0.2) is 5.69 Å². The normalized spacial score (nSPS) is 10.5. The number of carbonyl (C=O) groups is 1. The smallest absolute Gasteiger partial charge is 0.359 e. The molecule has 7 heteroatoms. The number of ether oxygens (including phenoxy) is 1. The number of fused-ring (bicyclic) bond motifs is 1. The van der Waals surface area contributed by atoms with E-state index in [4.69, 9.17) is 27.9 Å². The molecule has 5 nitrogen and oxygen atoms in total. The van der Waals surface area contributed by atoms with E-state index in [0.717, 1.165) is 0 Å². The van der Waals surface area contributed by atoms with Crippen LogP contribution >= 0.6 is 23.2 Å². The molecule has 0 aliphatic rings. The maximum absolute atomic E-state index is 11.7. The third kappa shape index (κ3) is 2.45. The van der Waals surface area contributed by atoms with Crippen molar-refractivity contribution in [1.82, 2.24) is 15.0 Å². The highest BCUT2D eigenvalue weighted by Gasteiger charge is 2.17. The number of hydrogen-bond acceptors (Lipinski definition) is 5. The monoisotopic (exact) mass is 271 g/mol. The zero-order valence-corrected chi connectivity index (χ0v) is 10.3. The van der Waals surface area contributed by atoms with Gasteiger partial charge in [0.1, 0.15) is 10.7 Å². The highest BCUT2D eigenvalue weighted by Crippen LogP contribution is 2.19. The molecule has 0 saturated carbocycles. The molecule has 0 aliphatic carbocycles. The Kier molecular flexibility index (Phi) is 3.40. The van der Waals surface area contributed by atoms with Gasteiger partial charge in [-0.2, -0.15) is 0 Å². The Morgan fingerprint density at radius 1 is 1.29 bits per heavy atom. The number of halogens is 2. The van der Waals surface area contributed by atoms with Gasteiger partial charge in [-0.15, -0.1) is 0 Å². The Labute approximate surface area is 107 Å². The summed E-state index contributed by atoms with van der Waals surface area (Å²) >= 11 is 11.5. The fraction of sp³-hybridized carbons (Fsp3) is 0.200. The van der Waals surface area contributed by atoms with Crippen LogP contribution in [-0.4, -0.2) is 27.5 Å². The molecule has 2 aromatic heterocycles. The summed E-state index contributed by atoms with van der Waals surface area (Å²) in [6, 6.07) is 3.17. The van der Waals surface area contributed by atoms with Gasteiger partial charge in [0.05, 0.1) is 12.1 Å². The van der Waals surface area contributed by atoms with E-state index in [1.54, 1.807) is 19.1 Å². The lowest BCUT2D eigenvalue weighted by Crippen LogP contribution is -2.09. The molecule has 88 valence electrons. The fourth-order valence-corrected chi connectivity index (χ4v) is 1.63. The largest absolute Gasteiger partial charge is 0.461 e. The zero-order chi connectivity index (χ0) is 12.4. The maximum atomic E-state index is 11.7. The minimum absolute atomic E-state index is 0.0179. The van der Waals surface area contributed by atoms with Crippen molar-refractivity contribution in [3.63, 3.8) is 0 Å². The average molecular weight is 272 g/mol. The summed E-state index contributed by atoms with van der Waals surface area (Å²) < 4.78 is 4.86. The molecule has 0 unspecified atom stereocenters.